The molecule has 16 heavy (non-hydrogen) atoms. The largest absolute Gasteiger partial charge is 0.306 e. The molecule has 0 bridgehead atoms. The Kier molecular flexibility index (Phi) is 4.46. The maximum atomic E-state index is 10.8. The number of nitro groups is 1. The Labute approximate surface area is 99.1 Å². The molecule has 0 fully saturated rings. The summed E-state index contributed by atoms with van der Waals surface area (Å²) in [5, 5.41) is 14.3. The second kappa shape index (κ2) is 5.63. The van der Waals surface area contributed by atoms with Crippen LogP contribution in [0.1, 0.15) is 12.5 Å². The molecule has 0 saturated carbocycles. The number of halogens is 1. The molecular weight excluding hydrogens is 228 g/mol. The molecule has 0 aliphatic carbocycles. The zero-order valence-electron chi connectivity index (χ0n) is 8.94. The van der Waals surface area contributed by atoms with Gasteiger partial charge in [-0.1, -0.05) is 17.7 Å². The van der Waals surface area contributed by atoms with Crippen molar-refractivity contribution >= 4 is 17.3 Å². The Morgan fingerprint density at radius 2 is 2.38 bits per heavy atom. The molecule has 1 atom stereocenters. The Morgan fingerprint density at radius 1 is 1.69 bits per heavy atom. The smallest absolute Gasteiger partial charge is 0.275 e. The fourth-order valence-corrected chi connectivity index (χ4v) is 1.38. The van der Waals surface area contributed by atoms with E-state index in [1.807, 2.05) is 6.92 Å². The van der Waals surface area contributed by atoms with Gasteiger partial charge in [-0.05, 0) is 19.1 Å². The molecule has 0 aromatic heterocycles. The van der Waals surface area contributed by atoms with E-state index in [1.54, 1.807) is 18.2 Å². The quantitative estimate of drug-likeness (QED) is 0.489. The van der Waals surface area contributed by atoms with Crippen molar-refractivity contribution in [2.45, 2.75) is 19.5 Å². The molecule has 1 aromatic carbocycles. The van der Waals surface area contributed by atoms with E-state index in [1.165, 1.54) is 6.07 Å². The zero-order valence-corrected chi connectivity index (χ0v) is 9.70. The van der Waals surface area contributed by atoms with Gasteiger partial charge in [0.1, 0.15) is 0 Å². The molecule has 86 valence electrons. The summed E-state index contributed by atoms with van der Waals surface area (Å²) in [6.45, 7) is 5.97. The third-order valence-electron chi connectivity index (χ3n) is 2.21. The second-order valence-corrected chi connectivity index (χ2v) is 3.87. The van der Waals surface area contributed by atoms with Gasteiger partial charge in [-0.2, -0.15) is 0 Å². The van der Waals surface area contributed by atoms with Crippen LogP contribution in [0, 0.1) is 10.1 Å². The molecule has 0 saturated heterocycles. The second-order valence-electron chi connectivity index (χ2n) is 3.44. The zero-order chi connectivity index (χ0) is 12.1. The van der Waals surface area contributed by atoms with Crippen LogP contribution in [0.25, 0.3) is 0 Å². The predicted molar refractivity (Wildman–Crippen MR) is 64.6 cm³/mol. The number of hydrogen-bond acceptors (Lipinski definition) is 3. The van der Waals surface area contributed by atoms with Gasteiger partial charge in [-0.15, -0.1) is 6.58 Å². The Bertz CT molecular complexity index is 407. The van der Waals surface area contributed by atoms with Crippen LogP contribution in [0.5, 0.6) is 0 Å². The SMILES string of the molecule is C=CC(C)NCc1ccc(Cl)cc1[N+](=O)[O-]. The molecule has 4 nitrogen and oxygen atoms in total. The minimum Gasteiger partial charge on any atom is -0.306 e. The molecular formula is C11H13ClN2O2. The van der Waals surface area contributed by atoms with Crippen LogP contribution in [0.4, 0.5) is 5.69 Å². The number of benzene rings is 1. The van der Waals surface area contributed by atoms with E-state index < -0.39 is 4.92 Å². The molecule has 0 aliphatic heterocycles. The molecule has 0 radical (unpaired) electrons. The van der Waals surface area contributed by atoms with E-state index in [4.69, 9.17) is 11.6 Å². The number of rotatable bonds is 5. The summed E-state index contributed by atoms with van der Waals surface area (Å²) in [7, 11) is 0. The van der Waals surface area contributed by atoms with Crippen LogP contribution in [0.2, 0.25) is 5.02 Å². The van der Waals surface area contributed by atoms with Crippen LogP contribution in [0.15, 0.2) is 30.9 Å². The Hall–Kier alpha value is -1.39. The summed E-state index contributed by atoms with van der Waals surface area (Å²) in [6, 6.07) is 4.76. The van der Waals surface area contributed by atoms with Gasteiger partial charge < -0.3 is 5.32 Å². The maximum absolute atomic E-state index is 10.8. The molecule has 0 spiro atoms. The fraction of sp³-hybridized carbons (Fsp3) is 0.273. The molecule has 1 aromatic rings. The van der Waals surface area contributed by atoms with Gasteiger partial charge in [0.2, 0.25) is 0 Å². The number of hydrogen-bond donors (Lipinski definition) is 1. The lowest BCUT2D eigenvalue weighted by molar-refractivity contribution is -0.385. The third kappa shape index (κ3) is 3.32. The highest BCUT2D eigenvalue weighted by Crippen LogP contribution is 2.23. The summed E-state index contributed by atoms with van der Waals surface area (Å²) >= 11 is 5.71. The summed E-state index contributed by atoms with van der Waals surface area (Å²) in [6.07, 6.45) is 1.74. The maximum Gasteiger partial charge on any atom is 0.275 e. The first-order valence-electron chi connectivity index (χ1n) is 4.83. The molecule has 0 amide bonds. The number of nitrogens with zero attached hydrogens (tertiary/aromatic N) is 1. The first-order valence-corrected chi connectivity index (χ1v) is 5.21. The summed E-state index contributed by atoms with van der Waals surface area (Å²) < 4.78 is 0. The third-order valence-corrected chi connectivity index (χ3v) is 2.45. The lowest BCUT2D eigenvalue weighted by atomic mass is 10.1. The van der Waals surface area contributed by atoms with E-state index >= 15 is 0 Å². The van der Waals surface area contributed by atoms with Crippen molar-refractivity contribution < 1.29 is 4.92 Å². The lowest BCUT2D eigenvalue weighted by Crippen LogP contribution is -2.23. The van der Waals surface area contributed by atoms with E-state index in [2.05, 4.69) is 11.9 Å². The van der Waals surface area contributed by atoms with Gasteiger partial charge in [0.15, 0.2) is 0 Å². The van der Waals surface area contributed by atoms with E-state index in [-0.39, 0.29) is 11.7 Å². The van der Waals surface area contributed by atoms with Crippen LogP contribution in [-0.4, -0.2) is 11.0 Å². The summed E-state index contributed by atoms with van der Waals surface area (Å²) in [5.41, 5.74) is 0.652. The van der Waals surface area contributed by atoms with Crippen molar-refractivity contribution in [3.8, 4) is 0 Å². The molecule has 0 aliphatic rings. The summed E-state index contributed by atoms with van der Waals surface area (Å²) in [4.78, 5) is 10.4. The van der Waals surface area contributed by atoms with Crippen molar-refractivity contribution in [2.24, 2.45) is 0 Å². The first-order chi connectivity index (χ1) is 7.54. The van der Waals surface area contributed by atoms with E-state index in [0.29, 0.717) is 17.1 Å². The molecule has 1 unspecified atom stereocenters. The Morgan fingerprint density at radius 3 is 2.94 bits per heavy atom. The number of nitrogens with one attached hydrogen (secondary N) is 1. The predicted octanol–water partition coefficient (Wildman–Crippen LogP) is 2.91. The summed E-state index contributed by atoms with van der Waals surface area (Å²) in [5.74, 6) is 0. The minimum atomic E-state index is -0.429. The van der Waals surface area contributed by atoms with Crippen LogP contribution < -0.4 is 5.32 Å². The minimum absolute atomic E-state index is 0.0382. The monoisotopic (exact) mass is 240 g/mol. The molecule has 1 rings (SSSR count). The highest BCUT2D eigenvalue weighted by atomic mass is 35.5. The first kappa shape index (κ1) is 12.7. The van der Waals surface area contributed by atoms with E-state index in [0.717, 1.165) is 0 Å². The topological polar surface area (TPSA) is 55.2 Å². The van der Waals surface area contributed by atoms with Gasteiger partial charge in [0.25, 0.3) is 5.69 Å². The number of nitro benzene ring substituents is 1. The normalized spacial score (nSPS) is 12.1. The van der Waals surface area contributed by atoms with Gasteiger partial charge in [0, 0.05) is 29.2 Å². The lowest BCUT2D eigenvalue weighted by Gasteiger charge is -2.09. The van der Waals surface area contributed by atoms with Gasteiger partial charge >= 0.3 is 0 Å². The van der Waals surface area contributed by atoms with Crippen molar-refractivity contribution in [1.82, 2.24) is 5.32 Å². The molecule has 1 N–H and O–H groups in total. The van der Waals surface area contributed by atoms with Gasteiger partial charge in [-0.3, -0.25) is 10.1 Å². The van der Waals surface area contributed by atoms with Crippen LogP contribution >= 0.6 is 11.6 Å². The highest BCUT2D eigenvalue weighted by Gasteiger charge is 2.13. The fourth-order valence-electron chi connectivity index (χ4n) is 1.21. The van der Waals surface area contributed by atoms with Crippen molar-refractivity contribution in [3.05, 3.63) is 51.6 Å². The standard InChI is InChI=1S/C11H13ClN2O2/c1-3-8(2)13-7-9-4-5-10(12)6-11(9)14(15)16/h3-6,8,13H,1,7H2,2H3. The van der Waals surface area contributed by atoms with Crippen LogP contribution in [0.3, 0.4) is 0 Å². The van der Waals surface area contributed by atoms with Gasteiger partial charge in [0.05, 0.1) is 4.92 Å². The van der Waals surface area contributed by atoms with E-state index in [9.17, 15) is 10.1 Å². The average molecular weight is 241 g/mol. The van der Waals surface area contributed by atoms with Crippen molar-refractivity contribution in [3.63, 3.8) is 0 Å². The average Bonchev–Trinajstić information content (AvgIpc) is 2.26. The van der Waals surface area contributed by atoms with Crippen molar-refractivity contribution in [1.29, 1.82) is 0 Å². The van der Waals surface area contributed by atoms with Gasteiger partial charge in [-0.25, -0.2) is 0 Å². The van der Waals surface area contributed by atoms with Crippen molar-refractivity contribution in [2.75, 3.05) is 0 Å². The Balaban J connectivity index is 2.86. The molecule has 5 heteroatoms. The highest BCUT2D eigenvalue weighted by molar-refractivity contribution is 6.30. The van der Waals surface area contributed by atoms with Crippen LogP contribution in [-0.2, 0) is 6.54 Å². The molecule has 0 heterocycles.